The fourth-order valence-corrected chi connectivity index (χ4v) is 2.77. The van der Waals surface area contributed by atoms with Crippen LogP contribution in [0.2, 0.25) is 0 Å². The number of hydrogen-bond donors (Lipinski definition) is 1. The van der Waals surface area contributed by atoms with Crippen LogP contribution in [0, 0.1) is 0 Å². The number of carbonyl (C=O) groups excluding carboxylic acids is 2. The Morgan fingerprint density at radius 3 is 3.12 bits per heavy atom. The van der Waals surface area contributed by atoms with Crippen LogP contribution < -0.4 is 5.32 Å². The van der Waals surface area contributed by atoms with E-state index in [1.54, 1.807) is 0 Å². The first-order valence-electron chi connectivity index (χ1n) is 5.23. The fraction of sp³-hybridized carbons (Fsp3) is 0.455. The molecule has 17 heavy (non-hydrogen) atoms. The molecule has 0 saturated carbocycles. The zero-order chi connectivity index (χ0) is 12.5. The van der Waals surface area contributed by atoms with Gasteiger partial charge in [0.05, 0.1) is 6.04 Å². The lowest BCUT2D eigenvalue weighted by Crippen LogP contribution is -2.38. The molecule has 6 heteroatoms. The summed E-state index contributed by atoms with van der Waals surface area (Å²) >= 11 is 2.08. The number of hydrogen-bond acceptors (Lipinski definition) is 4. The predicted octanol–water partition coefficient (Wildman–Crippen LogP) is 2.64. The van der Waals surface area contributed by atoms with Gasteiger partial charge in [-0.15, -0.1) is 0 Å². The second-order valence-electron chi connectivity index (χ2n) is 3.53. The Hall–Kier alpha value is -0.500. The molecular formula is C11H14INO3S. The lowest BCUT2D eigenvalue weighted by molar-refractivity contribution is -0.109. The van der Waals surface area contributed by atoms with E-state index in [2.05, 4.69) is 32.6 Å². The van der Waals surface area contributed by atoms with E-state index in [0.717, 1.165) is 24.7 Å². The van der Waals surface area contributed by atoms with Gasteiger partial charge < -0.3 is 14.8 Å². The van der Waals surface area contributed by atoms with E-state index in [4.69, 9.17) is 4.74 Å². The van der Waals surface area contributed by atoms with E-state index < -0.39 is 12.1 Å². The van der Waals surface area contributed by atoms with Gasteiger partial charge in [0.1, 0.15) is 12.9 Å². The van der Waals surface area contributed by atoms with Crippen LogP contribution in [-0.4, -0.2) is 30.8 Å². The number of ether oxygens (including phenoxy) is 1. The Morgan fingerprint density at radius 2 is 2.53 bits per heavy atom. The minimum atomic E-state index is -0.539. The van der Waals surface area contributed by atoms with Gasteiger partial charge in [-0.1, -0.05) is 27.2 Å². The maximum absolute atomic E-state index is 11.4. The first kappa shape index (κ1) is 14.6. The molecular weight excluding hydrogens is 353 g/mol. The summed E-state index contributed by atoms with van der Waals surface area (Å²) in [7, 11) is 1.47. The number of halogens is 1. The van der Waals surface area contributed by atoms with E-state index in [9.17, 15) is 9.59 Å². The molecule has 1 amide bonds. The third kappa shape index (κ3) is 6.11. The second-order valence-corrected chi connectivity index (χ2v) is 5.95. The molecule has 0 aliphatic heterocycles. The smallest absolute Gasteiger partial charge is 0.408 e. The van der Waals surface area contributed by atoms with E-state index in [-0.39, 0.29) is 0 Å². The maximum Gasteiger partial charge on any atom is 0.408 e. The molecule has 0 fully saturated rings. The van der Waals surface area contributed by atoms with Crippen LogP contribution in [0.5, 0.6) is 0 Å². The summed E-state index contributed by atoms with van der Waals surface area (Å²) in [5.74, 6) is 0.546. The maximum atomic E-state index is 11.4. The monoisotopic (exact) mass is 367 g/mol. The standard InChI is InChI=1S/C11H14INO3S/c12-17-8-10(6-14)13-11(15)16-7-9-4-2-1-3-5-9/h1-2,4,6,10H,3,5,7-8H2,(H,13,15). The number of aldehydes is 1. The lowest BCUT2D eigenvalue weighted by atomic mass is 10.1. The normalized spacial score (nSPS) is 15.9. The molecule has 4 nitrogen and oxygen atoms in total. The van der Waals surface area contributed by atoms with Crippen molar-refractivity contribution < 1.29 is 14.3 Å². The SMILES string of the molecule is O=CC(CSI)NC(=O)OCC1=CC=CCC1. The van der Waals surface area contributed by atoms with Crippen molar-refractivity contribution >= 4 is 42.5 Å². The van der Waals surface area contributed by atoms with Crippen LogP contribution in [0.4, 0.5) is 4.79 Å². The largest absolute Gasteiger partial charge is 0.445 e. The average Bonchev–Trinajstić information content (AvgIpc) is 2.37. The fourth-order valence-electron chi connectivity index (χ4n) is 1.31. The van der Waals surface area contributed by atoms with Crippen LogP contribution in [0.3, 0.4) is 0 Å². The quantitative estimate of drug-likeness (QED) is 0.579. The predicted molar refractivity (Wildman–Crippen MR) is 77.3 cm³/mol. The first-order valence-corrected chi connectivity index (χ1v) is 8.75. The molecule has 0 bridgehead atoms. The number of nitrogens with one attached hydrogen (secondary N) is 1. The van der Waals surface area contributed by atoms with Gasteiger partial charge in [0, 0.05) is 5.75 Å². The zero-order valence-corrected chi connectivity index (χ0v) is 12.2. The second kappa shape index (κ2) is 8.57. The molecule has 1 rings (SSSR count). The summed E-state index contributed by atoms with van der Waals surface area (Å²) < 4.78 is 5.04. The van der Waals surface area contributed by atoms with Crippen molar-refractivity contribution in [1.82, 2.24) is 5.32 Å². The van der Waals surface area contributed by atoms with Crippen molar-refractivity contribution in [2.45, 2.75) is 18.9 Å². The van der Waals surface area contributed by atoms with Crippen molar-refractivity contribution in [3.8, 4) is 0 Å². The van der Waals surface area contributed by atoms with Crippen LogP contribution in [0.15, 0.2) is 23.8 Å². The van der Waals surface area contributed by atoms with Crippen LogP contribution in [0.25, 0.3) is 0 Å². The molecule has 1 N–H and O–H groups in total. The summed E-state index contributed by atoms with van der Waals surface area (Å²) in [6.45, 7) is 0.291. The van der Waals surface area contributed by atoms with Gasteiger partial charge in [0.2, 0.25) is 0 Å². The van der Waals surface area contributed by atoms with Crippen molar-refractivity contribution in [3.63, 3.8) is 0 Å². The summed E-state index contributed by atoms with van der Waals surface area (Å²) in [5.41, 5.74) is 1.09. The highest BCUT2D eigenvalue weighted by Crippen LogP contribution is 2.13. The number of amides is 1. The molecule has 0 spiro atoms. The van der Waals surface area contributed by atoms with E-state index >= 15 is 0 Å². The molecule has 0 heterocycles. The first-order chi connectivity index (χ1) is 8.26. The Bertz CT molecular complexity index is 331. The molecule has 0 aromatic rings. The zero-order valence-electron chi connectivity index (χ0n) is 9.23. The van der Waals surface area contributed by atoms with Gasteiger partial charge in [0.25, 0.3) is 0 Å². The minimum absolute atomic E-state index is 0.291. The third-order valence-electron chi connectivity index (χ3n) is 2.20. The number of carbonyl (C=O) groups is 2. The number of alkyl carbamates (subject to hydrolysis) is 1. The lowest BCUT2D eigenvalue weighted by Gasteiger charge is -2.13. The summed E-state index contributed by atoms with van der Waals surface area (Å²) in [6, 6.07) is -0.482. The number of allylic oxidation sites excluding steroid dienone is 3. The Balaban J connectivity index is 2.26. The van der Waals surface area contributed by atoms with E-state index in [0.29, 0.717) is 12.4 Å². The molecule has 1 atom stereocenters. The van der Waals surface area contributed by atoms with Gasteiger partial charge in [-0.25, -0.2) is 4.79 Å². The van der Waals surface area contributed by atoms with Crippen LogP contribution >= 0.6 is 30.1 Å². The number of rotatable bonds is 6. The molecule has 0 aromatic heterocycles. The highest BCUT2D eigenvalue weighted by Gasteiger charge is 2.12. The van der Waals surface area contributed by atoms with Crippen molar-refractivity contribution in [3.05, 3.63) is 23.8 Å². The van der Waals surface area contributed by atoms with Crippen molar-refractivity contribution in [2.24, 2.45) is 0 Å². The van der Waals surface area contributed by atoms with Gasteiger partial charge in [-0.3, -0.25) is 0 Å². The highest BCUT2D eigenvalue weighted by atomic mass is 127. The minimum Gasteiger partial charge on any atom is -0.445 e. The molecule has 0 saturated heterocycles. The van der Waals surface area contributed by atoms with Crippen molar-refractivity contribution in [2.75, 3.05) is 12.4 Å². The van der Waals surface area contributed by atoms with Gasteiger partial charge in [-0.2, -0.15) is 0 Å². The molecule has 0 radical (unpaired) electrons. The van der Waals surface area contributed by atoms with E-state index in [1.165, 1.54) is 8.93 Å². The average molecular weight is 367 g/mol. The molecule has 1 unspecified atom stereocenters. The topological polar surface area (TPSA) is 55.4 Å². The third-order valence-corrected chi connectivity index (χ3v) is 3.76. The van der Waals surface area contributed by atoms with Crippen molar-refractivity contribution in [1.29, 1.82) is 0 Å². The molecule has 1 aliphatic rings. The summed E-state index contributed by atoms with van der Waals surface area (Å²) in [4.78, 5) is 22.0. The Morgan fingerprint density at radius 1 is 1.71 bits per heavy atom. The molecule has 0 aromatic carbocycles. The summed E-state index contributed by atoms with van der Waals surface area (Å²) in [6.07, 6.45) is 8.07. The van der Waals surface area contributed by atoms with Gasteiger partial charge in [-0.05, 0) is 39.6 Å². The van der Waals surface area contributed by atoms with Gasteiger partial charge >= 0.3 is 6.09 Å². The highest BCUT2D eigenvalue weighted by molar-refractivity contribution is 14.2. The molecule has 94 valence electrons. The summed E-state index contributed by atoms with van der Waals surface area (Å²) in [5, 5.41) is 2.51. The van der Waals surface area contributed by atoms with Crippen LogP contribution in [-0.2, 0) is 9.53 Å². The van der Waals surface area contributed by atoms with E-state index in [1.807, 2.05) is 12.2 Å². The Kier molecular flexibility index (Phi) is 7.34. The molecule has 1 aliphatic carbocycles. The van der Waals surface area contributed by atoms with Crippen LogP contribution in [0.1, 0.15) is 12.8 Å². The van der Waals surface area contributed by atoms with Gasteiger partial charge in [0.15, 0.2) is 0 Å². The Labute approximate surface area is 117 Å².